The highest BCUT2D eigenvalue weighted by molar-refractivity contribution is 5.96. The van der Waals surface area contributed by atoms with Crippen LogP contribution >= 0.6 is 0 Å². The minimum absolute atomic E-state index is 0.0310. The number of rotatable bonds is 9. The molecule has 1 N–H and O–H groups in total. The largest absolute Gasteiger partial charge is 0.493 e. The van der Waals surface area contributed by atoms with Crippen LogP contribution in [0.15, 0.2) is 47.1 Å². The van der Waals surface area contributed by atoms with Gasteiger partial charge in [0.05, 0.1) is 31.5 Å². The summed E-state index contributed by atoms with van der Waals surface area (Å²) in [4.78, 5) is 33.1. The van der Waals surface area contributed by atoms with E-state index in [4.69, 9.17) is 13.9 Å². The molecule has 8 nitrogen and oxygen atoms in total. The van der Waals surface area contributed by atoms with Gasteiger partial charge in [-0.2, -0.15) is 13.2 Å². The number of hydrogen-bond donors (Lipinski definition) is 1. The zero-order valence-corrected chi connectivity index (χ0v) is 21.3. The molecule has 5 rings (SSSR count). The lowest BCUT2D eigenvalue weighted by Gasteiger charge is -2.15. The number of hydrogen-bond acceptors (Lipinski definition) is 7. The minimum Gasteiger partial charge on any atom is -0.493 e. The van der Waals surface area contributed by atoms with Crippen molar-refractivity contribution in [2.75, 3.05) is 14.2 Å². The maximum Gasteiger partial charge on any atom is 0.401 e. The quantitative estimate of drug-likeness (QED) is 0.261. The molecule has 0 unspecified atom stereocenters. The van der Waals surface area contributed by atoms with Crippen molar-refractivity contribution in [1.82, 2.24) is 9.97 Å². The van der Waals surface area contributed by atoms with Crippen molar-refractivity contribution in [3.63, 3.8) is 0 Å². The third-order valence-electron chi connectivity index (χ3n) is 6.91. The van der Waals surface area contributed by atoms with E-state index in [1.165, 1.54) is 44.6 Å². The van der Waals surface area contributed by atoms with Crippen LogP contribution < -0.4 is 9.47 Å². The maximum atomic E-state index is 15.1. The van der Waals surface area contributed by atoms with E-state index in [0.717, 1.165) is 12.3 Å². The van der Waals surface area contributed by atoms with Crippen LogP contribution in [0.2, 0.25) is 0 Å². The fraction of sp³-hybridized carbons (Fsp3) is 0.286. The zero-order chi connectivity index (χ0) is 28.8. The van der Waals surface area contributed by atoms with Gasteiger partial charge < -0.3 is 19.0 Å². The molecule has 4 aromatic rings. The van der Waals surface area contributed by atoms with E-state index >= 15 is 4.39 Å². The number of fused-ring (bicyclic) bond motifs is 1. The third-order valence-corrected chi connectivity index (χ3v) is 6.91. The van der Waals surface area contributed by atoms with Crippen molar-refractivity contribution < 1.29 is 46.1 Å². The highest BCUT2D eigenvalue weighted by Gasteiger charge is 2.66. The van der Waals surface area contributed by atoms with E-state index in [9.17, 15) is 27.9 Å². The summed E-state index contributed by atoms with van der Waals surface area (Å²) in [6, 6.07) is 8.03. The Balaban J connectivity index is 1.38. The molecule has 40 heavy (non-hydrogen) atoms. The summed E-state index contributed by atoms with van der Waals surface area (Å²) in [5.41, 5.74) is -1.55. The van der Waals surface area contributed by atoms with Crippen molar-refractivity contribution in [2.45, 2.75) is 37.3 Å². The van der Waals surface area contributed by atoms with Gasteiger partial charge in [-0.15, -0.1) is 0 Å². The number of ether oxygens (including phenoxy) is 2. The number of benzene rings is 2. The molecule has 2 aromatic carbocycles. The molecule has 0 spiro atoms. The van der Waals surface area contributed by atoms with Gasteiger partial charge in [-0.25, -0.2) is 19.2 Å². The summed E-state index contributed by atoms with van der Waals surface area (Å²) in [7, 11) is 2.85. The first-order valence-electron chi connectivity index (χ1n) is 12.1. The van der Waals surface area contributed by atoms with E-state index in [1.807, 2.05) is 0 Å². The summed E-state index contributed by atoms with van der Waals surface area (Å²) in [5.74, 6) is -2.15. The van der Waals surface area contributed by atoms with Crippen molar-refractivity contribution in [3.05, 3.63) is 71.1 Å². The number of Topliss-reactive ketones (excluding diaryl/α,β-unsaturated/α-hetero) is 1. The number of carbonyl (C=O) groups excluding carboxylic acids is 1. The van der Waals surface area contributed by atoms with Crippen LogP contribution in [0.1, 0.15) is 40.2 Å². The number of aromatic nitrogens is 2. The number of halogens is 4. The highest BCUT2D eigenvalue weighted by Crippen LogP contribution is 2.59. The second-order valence-electron chi connectivity index (χ2n) is 9.52. The monoisotopic (exact) mass is 558 g/mol. The molecule has 0 radical (unpaired) electrons. The molecule has 1 saturated carbocycles. The topological polar surface area (TPSA) is 112 Å². The SMILES string of the molecule is COc1cc2nc(C(=O)O)c(-c3ccc(CC(=O)Cc4coc(C5(C(F)(F)F)CC5)c4)c(F)c3)nc2cc1OC. The number of ketones is 1. The molecular formula is C28H22F4N2O6. The van der Waals surface area contributed by atoms with Crippen molar-refractivity contribution >= 4 is 22.8 Å². The van der Waals surface area contributed by atoms with Crippen LogP contribution in [0.25, 0.3) is 22.3 Å². The van der Waals surface area contributed by atoms with Crippen molar-refractivity contribution in [3.8, 4) is 22.8 Å². The Morgan fingerprint density at radius 1 is 1.00 bits per heavy atom. The molecular weight excluding hydrogens is 536 g/mol. The van der Waals surface area contributed by atoms with Gasteiger partial charge >= 0.3 is 12.1 Å². The van der Waals surface area contributed by atoms with E-state index in [1.54, 1.807) is 0 Å². The fourth-order valence-corrected chi connectivity index (χ4v) is 4.59. The van der Waals surface area contributed by atoms with Crippen LogP contribution in [-0.2, 0) is 23.1 Å². The lowest BCUT2D eigenvalue weighted by atomic mass is 9.99. The molecule has 0 saturated heterocycles. The molecule has 1 aliphatic carbocycles. The summed E-state index contributed by atoms with van der Waals surface area (Å²) < 4.78 is 70.7. The first kappa shape index (κ1) is 27.1. The van der Waals surface area contributed by atoms with E-state index in [-0.39, 0.29) is 64.9 Å². The lowest BCUT2D eigenvalue weighted by Crippen LogP contribution is -2.28. The number of aromatic carboxylic acids is 1. The van der Waals surface area contributed by atoms with Crippen molar-refractivity contribution in [1.29, 1.82) is 0 Å². The number of furan rings is 1. The molecule has 12 heteroatoms. The zero-order valence-electron chi connectivity index (χ0n) is 21.3. The Labute approximate surface area is 224 Å². The Morgan fingerprint density at radius 3 is 2.20 bits per heavy atom. The molecule has 0 atom stereocenters. The number of methoxy groups -OCH3 is 2. The van der Waals surface area contributed by atoms with Gasteiger partial charge in [0.25, 0.3) is 0 Å². The summed E-state index contributed by atoms with van der Waals surface area (Å²) in [6.07, 6.45) is -4.02. The van der Waals surface area contributed by atoms with Gasteiger partial charge in [-0.1, -0.05) is 12.1 Å². The normalized spacial score (nSPS) is 14.2. The average Bonchev–Trinajstić information content (AvgIpc) is 3.61. The first-order valence-corrected chi connectivity index (χ1v) is 12.1. The minimum atomic E-state index is -4.44. The Bertz CT molecular complexity index is 1640. The van der Waals surface area contributed by atoms with Gasteiger partial charge in [0.1, 0.15) is 28.5 Å². The van der Waals surface area contributed by atoms with Gasteiger partial charge in [0, 0.05) is 30.5 Å². The molecule has 208 valence electrons. The summed E-state index contributed by atoms with van der Waals surface area (Å²) in [5, 5.41) is 9.73. The molecule has 2 aromatic heterocycles. The fourth-order valence-electron chi connectivity index (χ4n) is 4.59. The maximum absolute atomic E-state index is 15.1. The summed E-state index contributed by atoms with van der Waals surface area (Å²) in [6.45, 7) is 0. The average molecular weight is 558 g/mol. The van der Waals surface area contributed by atoms with E-state index in [0.29, 0.717) is 11.5 Å². The Morgan fingerprint density at radius 2 is 1.65 bits per heavy atom. The van der Waals surface area contributed by atoms with E-state index < -0.39 is 34.9 Å². The summed E-state index contributed by atoms with van der Waals surface area (Å²) >= 11 is 0. The number of alkyl halides is 3. The van der Waals surface area contributed by atoms with Gasteiger partial charge in [-0.05, 0) is 36.1 Å². The Hall–Kier alpha value is -4.48. The lowest BCUT2D eigenvalue weighted by molar-refractivity contribution is -0.164. The first-order chi connectivity index (χ1) is 19.0. The Kier molecular flexibility index (Phi) is 6.72. The van der Waals surface area contributed by atoms with Crippen molar-refractivity contribution in [2.24, 2.45) is 0 Å². The second kappa shape index (κ2) is 9.92. The smallest absolute Gasteiger partial charge is 0.401 e. The predicted octanol–water partition coefficient (Wildman–Crippen LogP) is 5.69. The van der Waals surface area contributed by atoms with Gasteiger partial charge in [0.15, 0.2) is 17.2 Å². The predicted molar refractivity (Wildman–Crippen MR) is 133 cm³/mol. The van der Waals surface area contributed by atoms with Crippen LogP contribution in [-0.4, -0.2) is 47.2 Å². The van der Waals surface area contributed by atoms with Gasteiger partial charge in [-0.3, -0.25) is 4.79 Å². The standard InChI is InChI=1S/C28H22F4N2O6/c1-38-21-11-19-20(12-22(21)39-2)34-25(26(36)37)24(33-19)16-4-3-15(18(29)10-16)9-17(35)7-14-8-23(40-13-14)27(5-6-27)28(30,31)32/h3-4,8,10-13H,5-7,9H2,1-2H3,(H,36,37). The van der Waals surface area contributed by atoms with Crippen LogP contribution in [0.5, 0.6) is 11.5 Å². The molecule has 1 aliphatic rings. The number of carbonyl (C=O) groups is 2. The molecule has 0 bridgehead atoms. The molecule has 0 aliphatic heterocycles. The third kappa shape index (κ3) is 4.85. The van der Waals surface area contributed by atoms with Crippen LogP contribution in [0.3, 0.4) is 0 Å². The van der Waals surface area contributed by atoms with Crippen LogP contribution in [0.4, 0.5) is 17.6 Å². The number of nitrogens with zero attached hydrogens (tertiary/aromatic N) is 2. The number of carboxylic acids is 1. The van der Waals surface area contributed by atoms with Gasteiger partial charge in [0.2, 0.25) is 0 Å². The van der Waals surface area contributed by atoms with Crippen LogP contribution in [0, 0.1) is 5.82 Å². The molecule has 1 fully saturated rings. The highest BCUT2D eigenvalue weighted by atomic mass is 19.4. The molecule has 2 heterocycles. The van der Waals surface area contributed by atoms with E-state index in [2.05, 4.69) is 9.97 Å². The number of carboxylic acid groups (broad SMARTS) is 1. The second-order valence-corrected chi connectivity index (χ2v) is 9.52. The molecule has 0 amide bonds.